The second kappa shape index (κ2) is 3.11. The van der Waals surface area contributed by atoms with Crippen molar-refractivity contribution >= 4 is 33.6 Å². The van der Waals surface area contributed by atoms with Crippen LogP contribution in [0.3, 0.4) is 0 Å². The molecule has 1 N–H and O–H groups in total. The van der Waals surface area contributed by atoms with E-state index >= 15 is 0 Å². The molecule has 74 valence electrons. The van der Waals surface area contributed by atoms with Gasteiger partial charge in [-0.2, -0.15) is 13.2 Å². The summed E-state index contributed by atoms with van der Waals surface area (Å²) < 4.78 is 38.1. The highest BCUT2D eigenvalue weighted by atomic mass is 127. The van der Waals surface area contributed by atoms with E-state index in [2.05, 4.69) is 9.97 Å². The molecule has 2 nitrogen and oxygen atoms in total. The number of alkyl halides is 3. The van der Waals surface area contributed by atoms with E-state index in [1.54, 1.807) is 0 Å². The number of fused-ring (bicyclic) bond motifs is 1. The normalized spacial score (nSPS) is 12.3. The van der Waals surface area contributed by atoms with Crippen LogP contribution in [0.2, 0.25) is 0 Å². The monoisotopic (exact) mass is 312 g/mol. The van der Waals surface area contributed by atoms with Gasteiger partial charge in [-0.25, -0.2) is 4.98 Å². The third-order valence-electron chi connectivity index (χ3n) is 1.84. The standard InChI is InChI=1S/C8H4F3IN2/c9-8(10,11)4-1-2-5(12)7-6(4)13-3-14-7/h1-3H,(H,13,14). The van der Waals surface area contributed by atoms with Crippen LogP contribution in [0, 0.1) is 3.57 Å². The number of rotatable bonds is 0. The Morgan fingerprint density at radius 3 is 2.64 bits per heavy atom. The maximum absolute atomic E-state index is 12.5. The van der Waals surface area contributed by atoms with Crippen LogP contribution in [0.25, 0.3) is 11.0 Å². The van der Waals surface area contributed by atoms with Crippen LogP contribution in [0.4, 0.5) is 13.2 Å². The van der Waals surface area contributed by atoms with Gasteiger partial charge in [-0.1, -0.05) is 0 Å². The summed E-state index contributed by atoms with van der Waals surface area (Å²) in [7, 11) is 0. The summed E-state index contributed by atoms with van der Waals surface area (Å²) in [6.45, 7) is 0. The summed E-state index contributed by atoms with van der Waals surface area (Å²) in [5, 5.41) is 0. The SMILES string of the molecule is FC(F)(F)c1ccc(I)c2[nH]cnc12. The third-order valence-corrected chi connectivity index (χ3v) is 2.73. The van der Waals surface area contributed by atoms with Gasteiger partial charge in [0.1, 0.15) is 5.52 Å². The molecule has 1 aromatic carbocycles. The molecule has 2 rings (SSSR count). The van der Waals surface area contributed by atoms with E-state index in [-0.39, 0.29) is 5.52 Å². The summed E-state index contributed by atoms with van der Waals surface area (Å²) in [4.78, 5) is 6.35. The average molecular weight is 312 g/mol. The molecular formula is C8H4F3IN2. The van der Waals surface area contributed by atoms with Crippen LogP contribution in [0.1, 0.15) is 5.56 Å². The largest absolute Gasteiger partial charge is 0.418 e. The van der Waals surface area contributed by atoms with Gasteiger partial charge in [0.25, 0.3) is 0 Å². The summed E-state index contributed by atoms with van der Waals surface area (Å²) >= 11 is 1.96. The predicted molar refractivity (Wildman–Crippen MR) is 53.8 cm³/mol. The first-order valence-corrected chi connectivity index (χ1v) is 4.77. The van der Waals surface area contributed by atoms with Crippen molar-refractivity contribution in [2.45, 2.75) is 6.18 Å². The molecule has 0 bridgehead atoms. The predicted octanol–water partition coefficient (Wildman–Crippen LogP) is 3.19. The van der Waals surface area contributed by atoms with Crippen molar-refractivity contribution in [3.8, 4) is 0 Å². The van der Waals surface area contributed by atoms with Gasteiger partial charge in [-0.3, -0.25) is 0 Å². The van der Waals surface area contributed by atoms with Gasteiger partial charge >= 0.3 is 6.18 Å². The summed E-state index contributed by atoms with van der Waals surface area (Å²) in [6, 6.07) is 2.47. The lowest BCUT2D eigenvalue weighted by Crippen LogP contribution is -2.05. The number of aromatic amines is 1. The molecular weight excluding hydrogens is 308 g/mol. The second-order valence-electron chi connectivity index (χ2n) is 2.72. The zero-order valence-electron chi connectivity index (χ0n) is 6.69. The smallest absolute Gasteiger partial charge is 0.344 e. The molecule has 0 aliphatic rings. The minimum Gasteiger partial charge on any atom is -0.344 e. The van der Waals surface area contributed by atoms with Crippen LogP contribution in [-0.4, -0.2) is 9.97 Å². The minimum atomic E-state index is -4.35. The van der Waals surface area contributed by atoms with Crippen LogP contribution < -0.4 is 0 Å². The lowest BCUT2D eigenvalue weighted by Gasteiger charge is -2.07. The van der Waals surface area contributed by atoms with Crippen molar-refractivity contribution in [3.63, 3.8) is 0 Å². The minimum absolute atomic E-state index is 0.0237. The summed E-state index contributed by atoms with van der Waals surface area (Å²) in [5.74, 6) is 0. The molecule has 0 aliphatic heterocycles. The van der Waals surface area contributed by atoms with Crippen molar-refractivity contribution in [1.82, 2.24) is 9.97 Å². The van der Waals surface area contributed by atoms with E-state index in [9.17, 15) is 13.2 Å². The fraction of sp³-hybridized carbons (Fsp3) is 0.125. The van der Waals surface area contributed by atoms with E-state index in [0.717, 1.165) is 9.64 Å². The molecule has 0 unspecified atom stereocenters. The molecule has 0 saturated heterocycles. The van der Waals surface area contributed by atoms with Gasteiger partial charge in [0.15, 0.2) is 0 Å². The van der Waals surface area contributed by atoms with Crippen LogP contribution in [0.15, 0.2) is 18.5 Å². The van der Waals surface area contributed by atoms with Gasteiger partial charge < -0.3 is 4.98 Å². The molecule has 6 heteroatoms. The van der Waals surface area contributed by atoms with Crippen molar-refractivity contribution in [3.05, 3.63) is 27.6 Å². The zero-order chi connectivity index (χ0) is 10.3. The molecule has 14 heavy (non-hydrogen) atoms. The van der Waals surface area contributed by atoms with E-state index in [1.807, 2.05) is 22.6 Å². The number of benzene rings is 1. The Morgan fingerprint density at radius 1 is 1.29 bits per heavy atom. The Morgan fingerprint density at radius 2 is 2.00 bits per heavy atom. The highest BCUT2D eigenvalue weighted by Crippen LogP contribution is 2.34. The maximum atomic E-state index is 12.5. The molecule has 0 aliphatic carbocycles. The van der Waals surface area contributed by atoms with Gasteiger partial charge in [-0.15, -0.1) is 0 Å². The Labute approximate surface area is 90.7 Å². The van der Waals surface area contributed by atoms with Gasteiger partial charge in [-0.05, 0) is 34.7 Å². The number of halogens is 4. The number of hydrogen-bond acceptors (Lipinski definition) is 1. The Balaban J connectivity index is 2.80. The average Bonchev–Trinajstić information content (AvgIpc) is 2.50. The van der Waals surface area contributed by atoms with Crippen LogP contribution >= 0.6 is 22.6 Å². The molecule has 1 heterocycles. The molecule has 0 spiro atoms. The first-order valence-electron chi connectivity index (χ1n) is 3.69. The fourth-order valence-electron chi connectivity index (χ4n) is 1.23. The number of H-pyrrole nitrogens is 1. The zero-order valence-corrected chi connectivity index (χ0v) is 8.85. The Kier molecular flexibility index (Phi) is 2.17. The Bertz CT molecular complexity index is 475. The van der Waals surface area contributed by atoms with E-state index in [4.69, 9.17) is 0 Å². The molecule has 0 amide bonds. The number of nitrogens with zero attached hydrogens (tertiary/aromatic N) is 1. The third kappa shape index (κ3) is 1.47. The molecule has 0 atom stereocenters. The number of aromatic nitrogens is 2. The van der Waals surface area contributed by atoms with Crippen LogP contribution in [-0.2, 0) is 6.18 Å². The quantitative estimate of drug-likeness (QED) is 0.744. The lowest BCUT2D eigenvalue weighted by molar-refractivity contribution is -0.136. The van der Waals surface area contributed by atoms with E-state index in [0.29, 0.717) is 5.52 Å². The number of imidazole rings is 1. The van der Waals surface area contributed by atoms with Gasteiger partial charge in [0.05, 0.1) is 17.4 Å². The molecule has 0 fully saturated rings. The second-order valence-corrected chi connectivity index (χ2v) is 3.88. The topological polar surface area (TPSA) is 28.7 Å². The first-order chi connectivity index (χ1) is 6.50. The highest BCUT2D eigenvalue weighted by Gasteiger charge is 2.33. The first kappa shape index (κ1) is 9.75. The molecule has 0 radical (unpaired) electrons. The van der Waals surface area contributed by atoms with Gasteiger partial charge in [0.2, 0.25) is 0 Å². The Hall–Kier alpha value is -0.790. The maximum Gasteiger partial charge on any atom is 0.418 e. The summed E-state index contributed by atoms with van der Waals surface area (Å²) in [6.07, 6.45) is -3.08. The van der Waals surface area contributed by atoms with Crippen molar-refractivity contribution in [1.29, 1.82) is 0 Å². The summed E-state index contributed by atoms with van der Waals surface area (Å²) in [5.41, 5.74) is -0.293. The molecule has 2 aromatic rings. The number of hydrogen-bond donors (Lipinski definition) is 1. The number of nitrogens with one attached hydrogen (secondary N) is 1. The van der Waals surface area contributed by atoms with E-state index in [1.165, 1.54) is 12.4 Å². The van der Waals surface area contributed by atoms with Crippen molar-refractivity contribution in [2.75, 3.05) is 0 Å². The van der Waals surface area contributed by atoms with Crippen molar-refractivity contribution in [2.24, 2.45) is 0 Å². The molecule has 0 saturated carbocycles. The van der Waals surface area contributed by atoms with E-state index < -0.39 is 11.7 Å². The van der Waals surface area contributed by atoms with Crippen LogP contribution in [0.5, 0.6) is 0 Å². The van der Waals surface area contributed by atoms with Crippen molar-refractivity contribution < 1.29 is 13.2 Å². The highest BCUT2D eigenvalue weighted by molar-refractivity contribution is 14.1. The fourth-order valence-corrected chi connectivity index (χ4v) is 1.82. The van der Waals surface area contributed by atoms with Gasteiger partial charge in [0, 0.05) is 3.57 Å². The molecule has 1 aromatic heterocycles. The lowest BCUT2D eigenvalue weighted by atomic mass is 10.2.